The van der Waals surface area contributed by atoms with Gasteiger partial charge in [-0.15, -0.1) is 0 Å². The number of hydrogen-bond donors (Lipinski definition) is 3. The summed E-state index contributed by atoms with van der Waals surface area (Å²) < 4.78 is 0. The molecule has 0 unspecified atom stereocenters. The van der Waals surface area contributed by atoms with Crippen molar-refractivity contribution < 1.29 is 19.5 Å². The van der Waals surface area contributed by atoms with Crippen LogP contribution in [0.2, 0.25) is 0 Å². The van der Waals surface area contributed by atoms with Gasteiger partial charge in [0.15, 0.2) is 0 Å². The van der Waals surface area contributed by atoms with Gasteiger partial charge in [-0.05, 0) is 41.3 Å². The molecule has 0 aliphatic heterocycles. The fourth-order valence-corrected chi connectivity index (χ4v) is 2.26. The van der Waals surface area contributed by atoms with Crippen LogP contribution in [0.4, 0.5) is 5.69 Å². The number of carbonyl (C=O) groups excluding carboxylic acids is 2. The Bertz CT molecular complexity index is 822. The molecule has 0 saturated carbocycles. The lowest BCUT2D eigenvalue weighted by Gasteiger charge is -2.18. The summed E-state index contributed by atoms with van der Waals surface area (Å²) in [6, 6.07) is 9.89. The summed E-state index contributed by atoms with van der Waals surface area (Å²) in [5.41, 5.74) is 2.22. The van der Waals surface area contributed by atoms with Gasteiger partial charge in [0, 0.05) is 24.0 Å². The monoisotopic (exact) mass is 369 g/mol. The van der Waals surface area contributed by atoms with E-state index in [1.165, 1.54) is 0 Å². The van der Waals surface area contributed by atoms with Crippen LogP contribution in [-0.2, 0) is 10.2 Å². The number of aliphatic carboxylic acids is 1. The van der Waals surface area contributed by atoms with Crippen LogP contribution in [0.3, 0.4) is 0 Å². The predicted molar refractivity (Wildman–Crippen MR) is 102 cm³/mol. The Morgan fingerprint density at radius 3 is 2.19 bits per heavy atom. The molecule has 0 aliphatic carbocycles. The van der Waals surface area contributed by atoms with Gasteiger partial charge < -0.3 is 15.7 Å². The minimum atomic E-state index is -0.975. The van der Waals surface area contributed by atoms with Gasteiger partial charge in [0.1, 0.15) is 5.69 Å². The normalized spacial score (nSPS) is 10.9. The smallest absolute Gasteiger partial charge is 0.305 e. The standard InChI is InChI=1S/C20H23N3O4/c1-20(2,3)14-6-9-16(22-12-14)19(27)23-15-7-4-13(5-8-15)18(26)21-11-10-17(24)25/h4-9,12H,10-11H2,1-3H3,(H,21,26)(H,23,27)(H,24,25). The number of anilines is 1. The molecule has 1 aromatic carbocycles. The van der Waals surface area contributed by atoms with E-state index in [1.807, 2.05) is 6.07 Å². The first kappa shape index (κ1) is 20.1. The Hall–Kier alpha value is -3.22. The Balaban J connectivity index is 1.96. The van der Waals surface area contributed by atoms with Crippen molar-refractivity contribution >= 4 is 23.5 Å². The molecule has 7 nitrogen and oxygen atoms in total. The van der Waals surface area contributed by atoms with Crippen LogP contribution in [0.15, 0.2) is 42.6 Å². The van der Waals surface area contributed by atoms with Gasteiger partial charge in [-0.25, -0.2) is 0 Å². The number of carboxylic acid groups (broad SMARTS) is 1. The molecule has 0 bridgehead atoms. The van der Waals surface area contributed by atoms with Crippen LogP contribution in [0, 0.1) is 0 Å². The summed E-state index contributed by atoms with van der Waals surface area (Å²) in [7, 11) is 0. The predicted octanol–water partition coefficient (Wildman–Crippen LogP) is 2.84. The molecule has 2 aromatic rings. The molecule has 0 aliphatic rings. The van der Waals surface area contributed by atoms with Crippen LogP contribution in [-0.4, -0.2) is 34.4 Å². The second-order valence-corrected chi connectivity index (χ2v) is 7.11. The van der Waals surface area contributed by atoms with Gasteiger partial charge in [0.05, 0.1) is 6.42 Å². The topological polar surface area (TPSA) is 108 Å². The Morgan fingerprint density at radius 1 is 1.00 bits per heavy atom. The molecule has 142 valence electrons. The van der Waals surface area contributed by atoms with Crippen LogP contribution < -0.4 is 10.6 Å². The highest BCUT2D eigenvalue weighted by Gasteiger charge is 2.15. The lowest BCUT2D eigenvalue weighted by molar-refractivity contribution is -0.136. The number of rotatable bonds is 6. The van der Waals surface area contributed by atoms with Crippen molar-refractivity contribution in [3.05, 3.63) is 59.4 Å². The summed E-state index contributed by atoms with van der Waals surface area (Å²) in [5.74, 6) is -1.68. The van der Waals surface area contributed by atoms with Crippen molar-refractivity contribution in [3.8, 4) is 0 Å². The molecule has 0 radical (unpaired) electrons. The number of pyridine rings is 1. The Labute approximate surface area is 157 Å². The molecule has 1 heterocycles. The first-order valence-corrected chi connectivity index (χ1v) is 8.55. The molecule has 0 saturated heterocycles. The zero-order chi connectivity index (χ0) is 20.0. The lowest BCUT2D eigenvalue weighted by Crippen LogP contribution is -2.25. The van der Waals surface area contributed by atoms with E-state index in [0.29, 0.717) is 16.9 Å². The molecular formula is C20H23N3O4. The van der Waals surface area contributed by atoms with Crippen molar-refractivity contribution in [3.63, 3.8) is 0 Å². The Morgan fingerprint density at radius 2 is 1.67 bits per heavy atom. The Kier molecular flexibility index (Phi) is 6.28. The van der Waals surface area contributed by atoms with Crippen molar-refractivity contribution in [2.75, 3.05) is 11.9 Å². The molecular weight excluding hydrogens is 346 g/mol. The van der Waals surface area contributed by atoms with Crippen molar-refractivity contribution in [1.29, 1.82) is 0 Å². The molecule has 0 atom stereocenters. The lowest BCUT2D eigenvalue weighted by atomic mass is 9.88. The number of benzene rings is 1. The second-order valence-electron chi connectivity index (χ2n) is 7.11. The summed E-state index contributed by atoms with van der Waals surface area (Å²) in [6.45, 7) is 6.28. The third-order valence-corrected chi connectivity index (χ3v) is 3.89. The average Bonchev–Trinajstić information content (AvgIpc) is 2.61. The molecule has 27 heavy (non-hydrogen) atoms. The third-order valence-electron chi connectivity index (χ3n) is 3.89. The van der Waals surface area contributed by atoms with E-state index in [9.17, 15) is 14.4 Å². The van der Waals surface area contributed by atoms with Crippen molar-refractivity contribution in [1.82, 2.24) is 10.3 Å². The molecule has 3 N–H and O–H groups in total. The number of carbonyl (C=O) groups is 3. The second kappa shape index (κ2) is 8.44. The fourth-order valence-electron chi connectivity index (χ4n) is 2.26. The maximum absolute atomic E-state index is 12.3. The van der Waals surface area contributed by atoms with E-state index in [4.69, 9.17) is 5.11 Å². The summed E-state index contributed by atoms with van der Waals surface area (Å²) >= 11 is 0. The van der Waals surface area contributed by atoms with Gasteiger partial charge in [-0.3, -0.25) is 19.4 Å². The van der Waals surface area contributed by atoms with E-state index < -0.39 is 5.97 Å². The number of aromatic nitrogens is 1. The quantitative estimate of drug-likeness (QED) is 0.725. The van der Waals surface area contributed by atoms with E-state index in [1.54, 1.807) is 36.5 Å². The maximum atomic E-state index is 12.3. The van der Waals surface area contributed by atoms with E-state index >= 15 is 0 Å². The highest BCUT2D eigenvalue weighted by molar-refractivity contribution is 6.03. The van der Waals surface area contributed by atoms with Crippen molar-refractivity contribution in [2.24, 2.45) is 0 Å². The highest BCUT2D eigenvalue weighted by atomic mass is 16.4. The van der Waals surface area contributed by atoms with Gasteiger partial charge in [0.25, 0.3) is 11.8 Å². The van der Waals surface area contributed by atoms with Gasteiger partial charge in [-0.1, -0.05) is 26.8 Å². The third kappa shape index (κ3) is 5.91. The SMILES string of the molecule is CC(C)(C)c1ccc(C(=O)Nc2ccc(C(=O)NCCC(=O)O)cc2)nc1. The molecule has 2 amide bonds. The van der Waals surface area contributed by atoms with E-state index in [0.717, 1.165) is 5.56 Å². The molecule has 0 fully saturated rings. The minimum absolute atomic E-state index is 0.0388. The zero-order valence-electron chi connectivity index (χ0n) is 15.6. The zero-order valence-corrected chi connectivity index (χ0v) is 15.6. The van der Waals surface area contributed by atoms with E-state index in [2.05, 4.69) is 36.4 Å². The summed E-state index contributed by atoms with van der Waals surface area (Å²) in [4.78, 5) is 38.8. The molecule has 2 rings (SSSR count). The first-order valence-electron chi connectivity index (χ1n) is 8.55. The van der Waals surface area contributed by atoms with Crippen LogP contribution in [0.5, 0.6) is 0 Å². The minimum Gasteiger partial charge on any atom is -0.481 e. The van der Waals surface area contributed by atoms with Crippen molar-refractivity contribution in [2.45, 2.75) is 32.6 Å². The number of hydrogen-bond acceptors (Lipinski definition) is 4. The van der Waals surface area contributed by atoms with Gasteiger partial charge >= 0.3 is 5.97 Å². The number of amides is 2. The first-order chi connectivity index (χ1) is 12.7. The van der Waals surface area contributed by atoms with Crippen LogP contribution in [0.1, 0.15) is 53.6 Å². The van der Waals surface area contributed by atoms with Crippen LogP contribution in [0.25, 0.3) is 0 Å². The average molecular weight is 369 g/mol. The summed E-state index contributed by atoms with van der Waals surface area (Å²) in [6.07, 6.45) is 1.56. The molecule has 0 spiro atoms. The van der Waals surface area contributed by atoms with E-state index in [-0.39, 0.29) is 30.2 Å². The molecule has 1 aromatic heterocycles. The summed E-state index contributed by atoms with van der Waals surface area (Å²) in [5, 5.41) is 13.8. The number of nitrogens with zero attached hydrogens (tertiary/aromatic N) is 1. The fraction of sp³-hybridized carbons (Fsp3) is 0.300. The van der Waals surface area contributed by atoms with Gasteiger partial charge in [-0.2, -0.15) is 0 Å². The van der Waals surface area contributed by atoms with Gasteiger partial charge in [0.2, 0.25) is 0 Å². The maximum Gasteiger partial charge on any atom is 0.305 e. The van der Waals surface area contributed by atoms with Crippen LogP contribution >= 0.6 is 0 Å². The largest absolute Gasteiger partial charge is 0.481 e. The molecule has 7 heteroatoms. The highest BCUT2D eigenvalue weighted by Crippen LogP contribution is 2.21. The number of carboxylic acids is 1. The number of nitrogens with one attached hydrogen (secondary N) is 2.